The zero-order valence-corrected chi connectivity index (χ0v) is 8.97. The minimum absolute atomic E-state index is 0.361. The highest BCUT2D eigenvalue weighted by Crippen LogP contribution is 2.24. The van der Waals surface area contributed by atoms with Crippen LogP contribution in [0.1, 0.15) is 20.8 Å². The predicted molar refractivity (Wildman–Crippen MR) is 53.5 cm³/mol. The van der Waals surface area contributed by atoms with Crippen LogP contribution < -0.4 is 4.74 Å². The molecule has 0 bridgehead atoms. The molecule has 15 heavy (non-hydrogen) atoms. The summed E-state index contributed by atoms with van der Waals surface area (Å²) in [5.74, 6) is -0.633. The fourth-order valence-electron chi connectivity index (χ4n) is 1.08. The van der Waals surface area contributed by atoms with Crippen LogP contribution in [0.25, 0.3) is 0 Å². The Morgan fingerprint density at radius 3 is 2.33 bits per heavy atom. The quantitative estimate of drug-likeness (QED) is 0.815. The zero-order chi connectivity index (χ0) is 11.5. The van der Waals surface area contributed by atoms with E-state index >= 15 is 0 Å². The molecule has 0 aliphatic carbocycles. The second-order valence-electron chi connectivity index (χ2n) is 4.28. The Hall–Kier alpha value is -1.65. The van der Waals surface area contributed by atoms with Gasteiger partial charge in [-0.25, -0.2) is 14.8 Å². The standard InChI is InChI=1S/C10H14N2O3/c1-10(2,3)8(9(13)14)15-7-4-11-6-12-5-7/h4-6,8H,1-3H3,(H,13,14). The maximum Gasteiger partial charge on any atom is 0.345 e. The summed E-state index contributed by atoms with van der Waals surface area (Å²) in [6.45, 7) is 5.40. The number of nitrogens with zero attached hydrogens (tertiary/aromatic N) is 2. The van der Waals surface area contributed by atoms with Crippen LogP contribution in [0.15, 0.2) is 18.7 Å². The highest BCUT2D eigenvalue weighted by atomic mass is 16.5. The van der Waals surface area contributed by atoms with Crippen molar-refractivity contribution in [3.05, 3.63) is 18.7 Å². The molecule has 5 nitrogen and oxygen atoms in total. The Morgan fingerprint density at radius 2 is 1.93 bits per heavy atom. The maximum absolute atomic E-state index is 11.0. The van der Waals surface area contributed by atoms with Gasteiger partial charge in [-0.2, -0.15) is 0 Å². The summed E-state index contributed by atoms with van der Waals surface area (Å²) in [5, 5.41) is 9.00. The lowest BCUT2D eigenvalue weighted by Crippen LogP contribution is -2.39. The SMILES string of the molecule is CC(C)(C)C(Oc1cncnc1)C(=O)O. The fraction of sp³-hybridized carbons (Fsp3) is 0.500. The van der Waals surface area contributed by atoms with Gasteiger partial charge in [0.2, 0.25) is 6.10 Å². The van der Waals surface area contributed by atoms with E-state index in [0.717, 1.165) is 0 Å². The molecule has 1 atom stereocenters. The molecule has 1 rings (SSSR count). The predicted octanol–water partition coefficient (Wildman–Crippen LogP) is 1.35. The van der Waals surface area contributed by atoms with Crippen LogP contribution in [0.3, 0.4) is 0 Å². The average molecular weight is 210 g/mol. The topological polar surface area (TPSA) is 72.3 Å². The highest BCUT2D eigenvalue weighted by molar-refractivity contribution is 5.73. The summed E-state index contributed by atoms with van der Waals surface area (Å²) in [6, 6.07) is 0. The first-order valence-corrected chi connectivity index (χ1v) is 4.56. The Kier molecular flexibility index (Phi) is 3.24. The minimum atomic E-state index is -0.994. The van der Waals surface area contributed by atoms with Gasteiger partial charge in [-0.05, 0) is 0 Å². The van der Waals surface area contributed by atoms with Crippen molar-refractivity contribution in [2.24, 2.45) is 5.41 Å². The Bertz CT molecular complexity index is 332. The van der Waals surface area contributed by atoms with Gasteiger partial charge in [-0.1, -0.05) is 20.8 Å². The van der Waals surface area contributed by atoms with E-state index in [9.17, 15) is 4.79 Å². The van der Waals surface area contributed by atoms with Crippen molar-refractivity contribution in [2.45, 2.75) is 26.9 Å². The molecule has 0 spiro atoms. The number of aromatic nitrogens is 2. The lowest BCUT2D eigenvalue weighted by Gasteiger charge is -2.27. The summed E-state index contributed by atoms with van der Waals surface area (Å²) in [5.41, 5.74) is -0.484. The summed E-state index contributed by atoms with van der Waals surface area (Å²) < 4.78 is 5.32. The van der Waals surface area contributed by atoms with Gasteiger partial charge >= 0.3 is 5.97 Å². The molecule has 0 fully saturated rings. The molecular weight excluding hydrogens is 196 g/mol. The molecule has 82 valence electrons. The third-order valence-corrected chi connectivity index (χ3v) is 1.80. The van der Waals surface area contributed by atoms with Crippen LogP contribution in [0.2, 0.25) is 0 Å². The number of ether oxygens (including phenoxy) is 1. The molecule has 5 heteroatoms. The molecule has 1 heterocycles. The lowest BCUT2D eigenvalue weighted by molar-refractivity contribution is -0.150. The third kappa shape index (κ3) is 3.19. The van der Waals surface area contributed by atoms with Gasteiger partial charge in [0.15, 0.2) is 5.75 Å². The van der Waals surface area contributed by atoms with E-state index in [4.69, 9.17) is 9.84 Å². The van der Waals surface area contributed by atoms with E-state index in [0.29, 0.717) is 5.75 Å². The first-order valence-electron chi connectivity index (χ1n) is 4.56. The number of rotatable bonds is 3. The summed E-state index contributed by atoms with van der Waals surface area (Å²) >= 11 is 0. The molecule has 0 aliphatic rings. The second-order valence-corrected chi connectivity index (χ2v) is 4.28. The Labute approximate surface area is 88.1 Å². The molecule has 0 radical (unpaired) electrons. The molecular formula is C10H14N2O3. The van der Waals surface area contributed by atoms with Crippen molar-refractivity contribution in [3.8, 4) is 5.75 Å². The molecule has 0 aromatic carbocycles. The summed E-state index contributed by atoms with van der Waals surface area (Å²) in [4.78, 5) is 18.5. The van der Waals surface area contributed by atoms with Crippen LogP contribution in [0, 0.1) is 5.41 Å². The van der Waals surface area contributed by atoms with Crippen LogP contribution in [-0.2, 0) is 4.79 Å². The molecule has 1 aromatic rings. The molecule has 0 amide bonds. The van der Waals surface area contributed by atoms with E-state index < -0.39 is 17.5 Å². The van der Waals surface area contributed by atoms with Crippen LogP contribution in [0.4, 0.5) is 0 Å². The Morgan fingerprint density at radius 1 is 1.40 bits per heavy atom. The van der Waals surface area contributed by atoms with E-state index in [1.54, 1.807) is 20.8 Å². The largest absolute Gasteiger partial charge is 0.478 e. The van der Waals surface area contributed by atoms with E-state index in [1.165, 1.54) is 18.7 Å². The number of aliphatic carboxylic acids is 1. The van der Waals surface area contributed by atoms with Crippen LogP contribution in [0.5, 0.6) is 5.75 Å². The number of hydrogen-bond donors (Lipinski definition) is 1. The maximum atomic E-state index is 11.0. The highest BCUT2D eigenvalue weighted by Gasteiger charge is 2.33. The van der Waals surface area contributed by atoms with Gasteiger partial charge in [-0.3, -0.25) is 0 Å². The first kappa shape index (κ1) is 11.4. The molecule has 0 saturated carbocycles. The van der Waals surface area contributed by atoms with Crippen molar-refractivity contribution in [3.63, 3.8) is 0 Å². The third-order valence-electron chi connectivity index (χ3n) is 1.80. The van der Waals surface area contributed by atoms with Gasteiger partial charge in [0.1, 0.15) is 6.33 Å². The average Bonchev–Trinajstić information content (AvgIpc) is 2.13. The smallest absolute Gasteiger partial charge is 0.345 e. The van der Waals surface area contributed by atoms with Crippen molar-refractivity contribution >= 4 is 5.97 Å². The normalized spacial score (nSPS) is 13.3. The van der Waals surface area contributed by atoms with Gasteiger partial charge in [-0.15, -0.1) is 0 Å². The van der Waals surface area contributed by atoms with Crippen LogP contribution in [-0.4, -0.2) is 27.1 Å². The molecule has 1 aromatic heterocycles. The Balaban J connectivity index is 2.82. The summed E-state index contributed by atoms with van der Waals surface area (Å²) in [7, 11) is 0. The molecule has 0 aliphatic heterocycles. The van der Waals surface area contributed by atoms with Crippen molar-refractivity contribution in [1.82, 2.24) is 9.97 Å². The monoisotopic (exact) mass is 210 g/mol. The van der Waals surface area contributed by atoms with Gasteiger partial charge in [0.05, 0.1) is 12.4 Å². The van der Waals surface area contributed by atoms with Crippen LogP contribution >= 0.6 is 0 Å². The first-order chi connectivity index (χ1) is 6.91. The zero-order valence-electron chi connectivity index (χ0n) is 8.97. The van der Waals surface area contributed by atoms with Gasteiger partial charge in [0.25, 0.3) is 0 Å². The number of carboxylic acids is 1. The molecule has 1 unspecified atom stereocenters. The van der Waals surface area contributed by atoms with Crippen molar-refractivity contribution < 1.29 is 14.6 Å². The van der Waals surface area contributed by atoms with E-state index in [1.807, 2.05) is 0 Å². The summed E-state index contributed by atoms with van der Waals surface area (Å²) in [6.07, 6.45) is 3.33. The minimum Gasteiger partial charge on any atom is -0.478 e. The van der Waals surface area contributed by atoms with E-state index in [-0.39, 0.29) is 0 Å². The number of hydrogen-bond acceptors (Lipinski definition) is 4. The van der Waals surface area contributed by atoms with Crippen molar-refractivity contribution in [2.75, 3.05) is 0 Å². The molecule has 1 N–H and O–H groups in total. The lowest BCUT2D eigenvalue weighted by atomic mass is 9.89. The van der Waals surface area contributed by atoms with Crippen molar-refractivity contribution in [1.29, 1.82) is 0 Å². The number of carbonyl (C=O) groups is 1. The fourth-order valence-corrected chi connectivity index (χ4v) is 1.08. The molecule has 0 saturated heterocycles. The number of carboxylic acid groups (broad SMARTS) is 1. The van der Waals surface area contributed by atoms with Gasteiger partial charge < -0.3 is 9.84 Å². The van der Waals surface area contributed by atoms with E-state index in [2.05, 4.69) is 9.97 Å². The van der Waals surface area contributed by atoms with Gasteiger partial charge in [0, 0.05) is 5.41 Å². The second kappa shape index (κ2) is 4.25.